The minimum absolute atomic E-state index is 0.239. The molecule has 1 rings (SSSR count). The number of aryl methyl sites for hydroxylation is 3. The lowest BCUT2D eigenvalue weighted by atomic mass is 9.77. The predicted molar refractivity (Wildman–Crippen MR) is 92.8 cm³/mol. The lowest BCUT2D eigenvalue weighted by Gasteiger charge is -2.30. The highest BCUT2D eigenvalue weighted by Crippen LogP contribution is 2.36. The zero-order valence-corrected chi connectivity index (χ0v) is 15.1. The van der Waals surface area contributed by atoms with Crippen LogP contribution in [0.4, 0.5) is 0 Å². The predicted octanol–water partition coefficient (Wildman–Crippen LogP) is 5.48. The fourth-order valence-corrected chi connectivity index (χ4v) is 2.87. The van der Waals surface area contributed by atoms with Crippen molar-refractivity contribution in [1.82, 2.24) is 0 Å². The molecule has 1 nitrogen and oxygen atoms in total. The van der Waals surface area contributed by atoms with Gasteiger partial charge >= 0.3 is 0 Å². The SMILES string of the molecule is CCc1cc(CC)c(C(O)CC(C)C(C)(C)C)c(CC)c1. The maximum atomic E-state index is 10.8. The summed E-state index contributed by atoms with van der Waals surface area (Å²) in [6, 6.07) is 4.58. The molecule has 1 N–H and O–H groups in total. The monoisotopic (exact) mass is 290 g/mol. The van der Waals surface area contributed by atoms with E-state index in [1.54, 1.807) is 0 Å². The number of hydrogen-bond donors (Lipinski definition) is 1. The van der Waals surface area contributed by atoms with Gasteiger partial charge in [0.05, 0.1) is 6.10 Å². The average Bonchev–Trinajstić information content (AvgIpc) is 2.44. The van der Waals surface area contributed by atoms with Gasteiger partial charge in [-0.2, -0.15) is 0 Å². The quantitative estimate of drug-likeness (QED) is 0.735. The Hall–Kier alpha value is -0.820. The third kappa shape index (κ3) is 4.57. The molecule has 2 atom stereocenters. The largest absolute Gasteiger partial charge is 0.388 e. The van der Waals surface area contributed by atoms with Crippen molar-refractivity contribution in [3.63, 3.8) is 0 Å². The topological polar surface area (TPSA) is 20.2 Å². The molecule has 1 aromatic rings. The fourth-order valence-electron chi connectivity index (χ4n) is 2.87. The standard InChI is InChI=1S/C20H34O/c1-8-15-12-16(9-2)19(17(10-3)13-15)18(21)11-14(4)20(5,6)7/h12-14,18,21H,8-11H2,1-7H3. The summed E-state index contributed by atoms with van der Waals surface area (Å²) in [6.45, 7) is 15.6. The molecule has 0 aliphatic heterocycles. The van der Waals surface area contributed by atoms with E-state index in [0.717, 1.165) is 25.7 Å². The van der Waals surface area contributed by atoms with Crippen LogP contribution in [-0.2, 0) is 19.3 Å². The Morgan fingerprint density at radius 1 is 0.952 bits per heavy atom. The van der Waals surface area contributed by atoms with Crippen LogP contribution in [0.5, 0.6) is 0 Å². The van der Waals surface area contributed by atoms with E-state index >= 15 is 0 Å². The van der Waals surface area contributed by atoms with Crippen LogP contribution < -0.4 is 0 Å². The van der Waals surface area contributed by atoms with Gasteiger partial charge in [0, 0.05) is 0 Å². The summed E-state index contributed by atoms with van der Waals surface area (Å²) in [4.78, 5) is 0. The lowest BCUT2D eigenvalue weighted by molar-refractivity contribution is 0.109. The molecule has 0 amide bonds. The van der Waals surface area contributed by atoms with E-state index in [0.29, 0.717) is 5.92 Å². The summed E-state index contributed by atoms with van der Waals surface area (Å²) >= 11 is 0. The van der Waals surface area contributed by atoms with Crippen LogP contribution >= 0.6 is 0 Å². The first-order valence-corrected chi connectivity index (χ1v) is 8.57. The minimum Gasteiger partial charge on any atom is -0.388 e. The Morgan fingerprint density at radius 3 is 1.76 bits per heavy atom. The summed E-state index contributed by atoms with van der Waals surface area (Å²) in [7, 11) is 0. The summed E-state index contributed by atoms with van der Waals surface area (Å²) in [5.41, 5.74) is 5.50. The highest BCUT2D eigenvalue weighted by molar-refractivity contribution is 5.41. The zero-order valence-electron chi connectivity index (χ0n) is 15.1. The van der Waals surface area contributed by atoms with Crippen LogP contribution in [-0.4, -0.2) is 5.11 Å². The van der Waals surface area contributed by atoms with Gasteiger partial charge in [0.1, 0.15) is 0 Å². The van der Waals surface area contributed by atoms with Crippen LogP contribution in [0.3, 0.4) is 0 Å². The van der Waals surface area contributed by atoms with E-state index in [1.807, 2.05) is 0 Å². The molecule has 0 radical (unpaired) electrons. The Bertz CT molecular complexity index is 428. The molecule has 0 aliphatic rings. The van der Waals surface area contributed by atoms with E-state index in [4.69, 9.17) is 0 Å². The maximum absolute atomic E-state index is 10.8. The molecule has 0 aliphatic carbocycles. The third-order valence-electron chi connectivity index (χ3n) is 4.97. The van der Waals surface area contributed by atoms with Gasteiger partial charge in [-0.05, 0) is 59.3 Å². The highest BCUT2D eigenvalue weighted by Gasteiger charge is 2.25. The number of aliphatic hydroxyl groups is 1. The number of hydrogen-bond acceptors (Lipinski definition) is 1. The molecule has 120 valence electrons. The van der Waals surface area contributed by atoms with Gasteiger partial charge in [-0.15, -0.1) is 0 Å². The molecule has 0 heterocycles. The van der Waals surface area contributed by atoms with Crippen molar-refractivity contribution in [2.45, 2.75) is 80.3 Å². The molecular weight excluding hydrogens is 256 g/mol. The smallest absolute Gasteiger partial charge is 0.0798 e. The van der Waals surface area contributed by atoms with Crippen molar-refractivity contribution in [3.05, 3.63) is 34.4 Å². The second-order valence-electron chi connectivity index (χ2n) is 7.41. The molecule has 1 aromatic carbocycles. The van der Waals surface area contributed by atoms with Gasteiger partial charge in [-0.3, -0.25) is 0 Å². The van der Waals surface area contributed by atoms with Crippen LogP contribution in [0.1, 0.15) is 83.2 Å². The fraction of sp³-hybridized carbons (Fsp3) is 0.700. The second-order valence-corrected chi connectivity index (χ2v) is 7.41. The van der Waals surface area contributed by atoms with Crippen molar-refractivity contribution in [2.75, 3.05) is 0 Å². The van der Waals surface area contributed by atoms with Gasteiger partial charge in [0.2, 0.25) is 0 Å². The first-order chi connectivity index (χ1) is 9.74. The number of aliphatic hydroxyl groups excluding tert-OH is 1. The van der Waals surface area contributed by atoms with Crippen molar-refractivity contribution in [1.29, 1.82) is 0 Å². The van der Waals surface area contributed by atoms with Crippen LogP contribution in [0.25, 0.3) is 0 Å². The molecule has 21 heavy (non-hydrogen) atoms. The molecule has 0 saturated heterocycles. The van der Waals surface area contributed by atoms with Crippen molar-refractivity contribution < 1.29 is 5.11 Å². The van der Waals surface area contributed by atoms with Crippen molar-refractivity contribution in [2.24, 2.45) is 11.3 Å². The first-order valence-electron chi connectivity index (χ1n) is 8.57. The first kappa shape index (κ1) is 18.2. The Balaban J connectivity index is 3.15. The van der Waals surface area contributed by atoms with E-state index in [9.17, 15) is 5.11 Å². The molecule has 0 spiro atoms. The lowest BCUT2D eigenvalue weighted by Crippen LogP contribution is -2.21. The minimum atomic E-state index is -0.338. The molecule has 0 fully saturated rings. The highest BCUT2D eigenvalue weighted by atomic mass is 16.3. The maximum Gasteiger partial charge on any atom is 0.0798 e. The molecule has 1 heteroatoms. The molecule has 0 aromatic heterocycles. The van der Waals surface area contributed by atoms with E-state index in [-0.39, 0.29) is 11.5 Å². The number of benzene rings is 1. The van der Waals surface area contributed by atoms with Crippen LogP contribution in [0, 0.1) is 11.3 Å². The molecule has 0 saturated carbocycles. The Labute approximate surface area is 131 Å². The van der Waals surface area contributed by atoms with E-state index in [2.05, 4.69) is 60.6 Å². The van der Waals surface area contributed by atoms with Crippen molar-refractivity contribution >= 4 is 0 Å². The summed E-state index contributed by atoms with van der Waals surface area (Å²) in [5, 5.41) is 10.8. The van der Waals surface area contributed by atoms with E-state index in [1.165, 1.54) is 22.3 Å². The van der Waals surface area contributed by atoms with Gasteiger partial charge in [0.15, 0.2) is 0 Å². The van der Waals surface area contributed by atoms with Gasteiger partial charge < -0.3 is 5.11 Å². The molecular formula is C20H34O. The van der Waals surface area contributed by atoms with E-state index < -0.39 is 0 Å². The second kappa shape index (κ2) is 7.45. The van der Waals surface area contributed by atoms with Crippen LogP contribution in [0.15, 0.2) is 12.1 Å². The molecule has 0 bridgehead atoms. The average molecular weight is 290 g/mol. The van der Waals surface area contributed by atoms with Crippen LogP contribution in [0.2, 0.25) is 0 Å². The van der Waals surface area contributed by atoms with Gasteiger partial charge in [-0.1, -0.05) is 60.6 Å². The van der Waals surface area contributed by atoms with Crippen molar-refractivity contribution in [3.8, 4) is 0 Å². The number of rotatable bonds is 6. The Kier molecular flexibility index (Phi) is 6.46. The van der Waals surface area contributed by atoms with Gasteiger partial charge in [-0.25, -0.2) is 0 Å². The summed E-state index contributed by atoms with van der Waals surface area (Å²) in [6.07, 6.45) is 3.56. The summed E-state index contributed by atoms with van der Waals surface area (Å²) < 4.78 is 0. The summed E-state index contributed by atoms with van der Waals surface area (Å²) in [5.74, 6) is 0.493. The Morgan fingerprint density at radius 2 is 1.43 bits per heavy atom. The normalized spacial score (nSPS) is 15.0. The molecule has 2 unspecified atom stereocenters. The zero-order chi connectivity index (χ0) is 16.2. The van der Waals surface area contributed by atoms with Gasteiger partial charge in [0.25, 0.3) is 0 Å². The third-order valence-corrected chi connectivity index (χ3v) is 4.97.